The van der Waals surface area contributed by atoms with Gasteiger partial charge in [0.25, 0.3) is 5.91 Å². The maximum absolute atomic E-state index is 11.7. The van der Waals surface area contributed by atoms with Crippen LogP contribution in [0.15, 0.2) is 47.6 Å². The van der Waals surface area contributed by atoms with Gasteiger partial charge in [0.2, 0.25) is 0 Å². The van der Waals surface area contributed by atoms with E-state index in [9.17, 15) is 15.0 Å². The van der Waals surface area contributed by atoms with Crippen molar-refractivity contribution in [3.8, 4) is 17.2 Å². The summed E-state index contributed by atoms with van der Waals surface area (Å²) in [7, 11) is 0. The van der Waals surface area contributed by atoms with Crippen molar-refractivity contribution in [2.45, 2.75) is 0 Å². The SMILES string of the molecule is O=C(N/N=C/c1cccc(O)c1)c1ccc(O)cc1O. The van der Waals surface area contributed by atoms with Crippen molar-refractivity contribution in [2.75, 3.05) is 0 Å². The van der Waals surface area contributed by atoms with Crippen LogP contribution < -0.4 is 5.43 Å². The standard InChI is InChI=1S/C14H12N2O4/c17-10-3-1-2-9(6-10)8-15-16-14(20)12-5-4-11(18)7-13(12)19/h1-8,17-19H,(H,16,20)/b15-8+. The van der Waals surface area contributed by atoms with Crippen LogP contribution in [0.5, 0.6) is 17.2 Å². The van der Waals surface area contributed by atoms with Gasteiger partial charge in [-0.05, 0) is 29.8 Å². The second-order valence-corrected chi connectivity index (χ2v) is 4.00. The highest BCUT2D eigenvalue weighted by molar-refractivity contribution is 5.97. The van der Waals surface area contributed by atoms with Gasteiger partial charge in [0.05, 0.1) is 11.8 Å². The lowest BCUT2D eigenvalue weighted by atomic mass is 10.2. The summed E-state index contributed by atoms with van der Waals surface area (Å²) in [5.74, 6) is -0.993. The lowest BCUT2D eigenvalue weighted by Gasteiger charge is -2.03. The van der Waals surface area contributed by atoms with Crippen molar-refractivity contribution < 1.29 is 20.1 Å². The fourth-order valence-corrected chi connectivity index (χ4v) is 1.54. The Hall–Kier alpha value is -3.02. The maximum atomic E-state index is 11.7. The Labute approximate surface area is 114 Å². The van der Waals surface area contributed by atoms with E-state index in [0.717, 1.165) is 6.07 Å². The topological polar surface area (TPSA) is 102 Å². The maximum Gasteiger partial charge on any atom is 0.275 e. The van der Waals surface area contributed by atoms with Crippen molar-refractivity contribution in [2.24, 2.45) is 5.10 Å². The van der Waals surface area contributed by atoms with Gasteiger partial charge in [-0.25, -0.2) is 5.43 Å². The molecule has 0 aliphatic carbocycles. The van der Waals surface area contributed by atoms with E-state index in [1.807, 2.05) is 0 Å². The average Bonchev–Trinajstić information content (AvgIpc) is 2.38. The van der Waals surface area contributed by atoms with Crippen molar-refractivity contribution in [3.63, 3.8) is 0 Å². The largest absolute Gasteiger partial charge is 0.508 e. The second-order valence-electron chi connectivity index (χ2n) is 4.00. The number of aromatic hydroxyl groups is 3. The van der Waals surface area contributed by atoms with Crippen LogP contribution in [0.1, 0.15) is 15.9 Å². The lowest BCUT2D eigenvalue weighted by molar-refractivity contribution is 0.0952. The molecule has 0 atom stereocenters. The van der Waals surface area contributed by atoms with Gasteiger partial charge in [-0.1, -0.05) is 12.1 Å². The fraction of sp³-hybridized carbons (Fsp3) is 0. The van der Waals surface area contributed by atoms with Gasteiger partial charge in [-0.15, -0.1) is 0 Å². The van der Waals surface area contributed by atoms with Gasteiger partial charge >= 0.3 is 0 Å². The summed E-state index contributed by atoms with van der Waals surface area (Å²) in [5, 5.41) is 31.6. The number of nitrogens with zero attached hydrogens (tertiary/aromatic N) is 1. The first-order valence-corrected chi connectivity index (χ1v) is 5.70. The van der Waals surface area contributed by atoms with E-state index >= 15 is 0 Å². The van der Waals surface area contributed by atoms with Crippen molar-refractivity contribution in [1.29, 1.82) is 0 Å². The van der Waals surface area contributed by atoms with Crippen LogP contribution in [0.3, 0.4) is 0 Å². The first kappa shape index (κ1) is 13.4. The van der Waals surface area contributed by atoms with Crippen molar-refractivity contribution in [3.05, 3.63) is 53.6 Å². The highest BCUT2D eigenvalue weighted by atomic mass is 16.3. The number of phenols is 3. The molecule has 0 saturated carbocycles. The third-order valence-electron chi connectivity index (χ3n) is 2.48. The minimum absolute atomic E-state index is 0.00383. The Morgan fingerprint density at radius 3 is 2.50 bits per heavy atom. The monoisotopic (exact) mass is 272 g/mol. The quantitative estimate of drug-likeness (QED) is 0.503. The summed E-state index contributed by atoms with van der Waals surface area (Å²) >= 11 is 0. The van der Waals surface area contributed by atoms with Crippen LogP contribution in [0.4, 0.5) is 0 Å². The normalized spacial score (nSPS) is 10.6. The Morgan fingerprint density at radius 2 is 1.80 bits per heavy atom. The molecule has 2 aromatic rings. The molecule has 6 heteroatoms. The number of benzene rings is 2. The number of hydrogen-bond donors (Lipinski definition) is 4. The number of nitrogens with one attached hydrogen (secondary N) is 1. The molecule has 0 aliphatic heterocycles. The Morgan fingerprint density at radius 1 is 1.05 bits per heavy atom. The van der Waals surface area contributed by atoms with Crippen molar-refractivity contribution >= 4 is 12.1 Å². The molecule has 0 aromatic heterocycles. The molecule has 20 heavy (non-hydrogen) atoms. The van der Waals surface area contributed by atoms with E-state index < -0.39 is 5.91 Å². The highest BCUT2D eigenvalue weighted by Crippen LogP contribution is 2.22. The first-order valence-electron chi connectivity index (χ1n) is 5.70. The predicted molar refractivity (Wildman–Crippen MR) is 72.9 cm³/mol. The van der Waals surface area contributed by atoms with Crippen LogP contribution in [-0.4, -0.2) is 27.4 Å². The molecule has 2 aromatic carbocycles. The molecule has 0 bridgehead atoms. The Kier molecular flexibility index (Phi) is 3.85. The number of hydrazone groups is 1. The summed E-state index contributed by atoms with van der Waals surface area (Å²) in [5.41, 5.74) is 2.84. The van der Waals surface area contributed by atoms with Crippen LogP contribution >= 0.6 is 0 Å². The average molecular weight is 272 g/mol. The second kappa shape index (κ2) is 5.75. The molecular weight excluding hydrogens is 260 g/mol. The van der Waals surface area contributed by atoms with Crippen LogP contribution in [0.2, 0.25) is 0 Å². The van der Waals surface area contributed by atoms with Crippen LogP contribution in [0, 0.1) is 0 Å². The van der Waals surface area contributed by atoms with E-state index in [-0.39, 0.29) is 22.8 Å². The molecule has 0 aliphatic rings. The van der Waals surface area contributed by atoms with E-state index in [2.05, 4.69) is 10.5 Å². The molecule has 0 unspecified atom stereocenters. The van der Waals surface area contributed by atoms with Gasteiger partial charge in [-0.2, -0.15) is 5.10 Å². The van der Waals surface area contributed by atoms with E-state index in [1.54, 1.807) is 12.1 Å². The molecule has 102 valence electrons. The van der Waals surface area contributed by atoms with E-state index in [4.69, 9.17) is 5.11 Å². The molecule has 6 nitrogen and oxygen atoms in total. The van der Waals surface area contributed by atoms with E-state index in [1.165, 1.54) is 30.5 Å². The van der Waals surface area contributed by atoms with Gasteiger partial charge in [-0.3, -0.25) is 4.79 Å². The number of rotatable bonds is 3. The predicted octanol–water partition coefficient (Wildman–Crippen LogP) is 1.57. The van der Waals surface area contributed by atoms with Gasteiger partial charge < -0.3 is 15.3 Å². The van der Waals surface area contributed by atoms with Crippen LogP contribution in [0.25, 0.3) is 0 Å². The highest BCUT2D eigenvalue weighted by Gasteiger charge is 2.10. The molecule has 0 radical (unpaired) electrons. The molecule has 0 heterocycles. The smallest absolute Gasteiger partial charge is 0.275 e. The Bertz CT molecular complexity index is 668. The molecule has 1 amide bonds. The third kappa shape index (κ3) is 3.26. The number of phenolic OH excluding ortho intramolecular Hbond substituents is 3. The van der Waals surface area contributed by atoms with Crippen molar-refractivity contribution in [1.82, 2.24) is 5.43 Å². The number of carbonyl (C=O) groups excluding carboxylic acids is 1. The summed E-state index contributed by atoms with van der Waals surface area (Å²) < 4.78 is 0. The minimum Gasteiger partial charge on any atom is -0.508 e. The lowest BCUT2D eigenvalue weighted by Crippen LogP contribution is -2.17. The molecule has 2 rings (SSSR count). The molecular formula is C14H12N2O4. The summed E-state index contributed by atoms with van der Waals surface area (Å²) in [6, 6.07) is 9.97. The number of amides is 1. The van der Waals surface area contributed by atoms with Gasteiger partial charge in [0, 0.05) is 6.07 Å². The zero-order valence-electron chi connectivity index (χ0n) is 10.3. The van der Waals surface area contributed by atoms with Gasteiger partial charge in [0.15, 0.2) is 0 Å². The summed E-state index contributed by atoms with van der Waals surface area (Å²) in [6.45, 7) is 0. The number of carbonyl (C=O) groups is 1. The zero-order valence-corrected chi connectivity index (χ0v) is 10.3. The third-order valence-corrected chi connectivity index (χ3v) is 2.48. The molecule has 0 saturated heterocycles. The number of hydrogen-bond acceptors (Lipinski definition) is 5. The first-order chi connectivity index (χ1) is 9.56. The van der Waals surface area contributed by atoms with E-state index in [0.29, 0.717) is 5.56 Å². The van der Waals surface area contributed by atoms with Crippen LogP contribution in [-0.2, 0) is 0 Å². The van der Waals surface area contributed by atoms with Gasteiger partial charge in [0.1, 0.15) is 17.2 Å². The Balaban J connectivity index is 2.05. The molecule has 4 N–H and O–H groups in total. The fourth-order valence-electron chi connectivity index (χ4n) is 1.54. The summed E-state index contributed by atoms with van der Waals surface area (Å²) in [4.78, 5) is 11.7. The molecule has 0 spiro atoms. The summed E-state index contributed by atoms with van der Waals surface area (Å²) in [6.07, 6.45) is 1.36. The molecule has 0 fully saturated rings. The zero-order chi connectivity index (χ0) is 14.5. The minimum atomic E-state index is -0.612.